The standard InChI is InChI=1S/C24H30N6O/c1-4-18-9-11-19(12-10-18)23-17(3)14-25-24(28-23)27-20-15-26-30(16-20)21-8-6-7-13-29(21)22(31)5-2/h9-12,14-16,21H,4-8,13H2,1-3H3,(H,25,27,28). The molecule has 0 saturated carbocycles. The van der Waals surface area contributed by atoms with E-state index in [0.717, 1.165) is 54.7 Å². The van der Waals surface area contributed by atoms with Crippen molar-refractivity contribution in [3.05, 3.63) is 54.0 Å². The first-order valence-corrected chi connectivity index (χ1v) is 11.1. The summed E-state index contributed by atoms with van der Waals surface area (Å²) in [5.41, 5.74) is 5.14. The minimum atomic E-state index is -0.0247. The zero-order valence-electron chi connectivity index (χ0n) is 18.5. The molecule has 1 N–H and O–H groups in total. The smallest absolute Gasteiger partial charge is 0.227 e. The number of nitrogens with one attached hydrogen (secondary N) is 1. The first kappa shape index (κ1) is 21.0. The molecule has 4 rings (SSSR count). The molecule has 1 aromatic carbocycles. The van der Waals surface area contributed by atoms with E-state index in [0.29, 0.717) is 12.4 Å². The van der Waals surface area contributed by atoms with Crippen LogP contribution in [0.15, 0.2) is 42.9 Å². The number of carbonyl (C=O) groups is 1. The molecule has 162 valence electrons. The molecule has 0 bridgehead atoms. The molecule has 3 heterocycles. The number of anilines is 2. The molecule has 1 saturated heterocycles. The second-order valence-corrected chi connectivity index (χ2v) is 8.03. The molecule has 0 aliphatic carbocycles. The van der Waals surface area contributed by atoms with Crippen molar-refractivity contribution in [3.8, 4) is 11.3 Å². The highest BCUT2D eigenvalue weighted by atomic mass is 16.2. The number of nitrogens with zero attached hydrogens (tertiary/aromatic N) is 5. The second kappa shape index (κ2) is 9.29. The molecule has 0 radical (unpaired) electrons. The van der Waals surface area contributed by atoms with Gasteiger partial charge in [-0.2, -0.15) is 5.10 Å². The van der Waals surface area contributed by atoms with Crippen LogP contribution in [0.3, 0.4) is 0 Å². The topological polar surface area (TPSA) is 75.9 Å². The molecule has 0 spiro atoms. The largest absolute Gasteiger partial charge is 0.321 e. The maximum absolute atomic E-state index is 12.3. The van der Waals surface area contributed by atoms with Gasteiger partial charge in [0.2, 0.25) is 11.9 Å². The van der Waals surface area contributed by atoms with Gasteiger partial charge in [-0.15, -0.1) is 0 Å². The molecule has 1 aliphatic rings. The molecular formula is C24H30N6O. The summed E-state index contributed by atoms with van der Waals surface area (Å²) < 4.78 is 1.88. The molecule has 1 amide bonds. The van der Waals surface area contributed by atoms with Gasteiger partial charge in [-0.3, -0.25) is 4.79 Å². The van der Waals surface area contributed by atoms with E-state index in [1.807, 2.05) is 35.8 Å². The molecule has 1 aliphatic heterocycles. The van der Waals surface area contributed by atoms with Crippen LogP contribution in [0.2, 0.25) is 0 Å². The van der Waals surface area contributed by atoms with E-state index >= 15 is 0 Å². The van der Waals surface area contributed by atoms with Crippen molar-refractivity contribution in [2.24, 2.45) is 0 Å². The van der Waals surface area contributed by atoms with Gasteiger partial charge in [0.05, 0.1) is 23.8 Å². The van der Waals surface area contributed by atoms with Gasteiger partial charge >= 0.3 is 0 Å². The number of amides is 1. The summed E-state index contributed by atoms with van der Waals surface area (Å²) in [7, 11) is 0. The number of aryl methyl sites for hydroxylation is 2. The van der Waals surface area contributed by atoms with Gasteiger partial charge in [-0.05, 0) is 43.7 Å². The van der Waals surface area contributed by atoms with Crippen molar-refractivity contribution >= 4 is 17.5 Å². The number of piperidine rings is 1. The van der Waals surface area contributed by atoms with Crippen LogP contribution in [-0.2, 0) is 11.2 Å². The minimum Gasteiger partial charge on any atom is -0.321 e. The van der Waals surface area contributed by atoms with Crippen LogP contribution in [0.5, 0.6) is 0 Å². The van der Waals surface area contributed by atoms with Gasteiger partial charge in [0.25, 0.3) is 0 Å². The van der Waals surface area contributed by atoms with Crippen LogP contribution in [0.1, 0.15) is 56.8 Å². The van der Waals surface area contributed by atoms with Gasteiger partial charge in [-0.25, -0.2) is 14.6 Å². The lowest BCUT2D eigenvalue weighted by molar-refractivity contribution is -0.137. The van der Waals surface area contributed by atoms with Crippen molar-refractivity contribution in [2.75, 3.05) is 11.9 Å². The molecule has 1 unspecified atom stereocenters. The summed E-state index contributed by atoms with van der Waals surface area (Å²) in [6.07, 6.45) is 10.1. The summed E-state index contributed by atoms with van der Waals surface area (Å²) in [5.74, 6) is 0.708. The van der Waals surface area contributed by atoms with E-state index in [9.17, 15) is 4.79 Å². The maximum Gasteiger partial charge on any atom is 0.227 e. The Hall–Kier alpha value is -3.22. The maximum atomic E-state index is 12.3. The van der Waals surface area contributed by atoms with Crippen LogP contribution in [-0.4, -0.2) is 37.1 Å². The first-order chi connectivity index (χ1) is 15.1. The number of rotatable bonds is 6. The van der Waals surface area contributed by atoms with Gasteiger partial charge in [0, 0.05) is 24.7 Å². The Labute approximate surface area is 183 Å². The molecule has 7 heteroatoms. The van der Waals surface area contributed by atoms with Crippen LogP contribution >= 0.6 is 0 Å². The number of likely N-dealkylation sites (tertiary alicyclic amines) is 1. The predicted molar refractivity (Wildman–Crippen MR) is 122 cm³/mol. The van der Waals surface area contributed by atoms with Gasteiger partial charge in [-0.1, -0.05) is 38.1 Å². The molecule has 2 aromatic heterocycles. The second-order valence-electron chi connectivity index (χ2n) is 8.03. The summed E-state index contributed by atoms with van der Waals surface area (Å²) >= 11 is 0. The Kier molecular flexibility index (Phi) is 6.30. The van der Waals surface area contributed by atoms with Crippen molar-refractivity contribution in [1.82, 2.24) is 24.6 Å². The lowest BCUT2D eigenvalue weighted by Gasteiger charge is -2.35. The fourth-order valence-electron chi connectivity index (χ4n) is 4.07. The zero-order valence-corrected chi connectivity index (χ0v) is 18.5. The third-order valence-corrected chi connectivity index (χ3v) is 5.86. The van der Waals surface area contributed by atoms with Crippen LogP contribution in [0.25, 0.3) is 11.3 Å². The fourth-order valence-corrected chi connectivity index (χ4v) is 4.07. The molecular weight excluding hydrogens is 388 g/mol. The van der Waals surface area contributed by atoms with E-state index in [1.54, 1.807) is 6.20 Å². The Morgan fingerprint density at radius 2 is 1.97 bits per heavy atom. The van der Waals surface area contributed by atoms with E-state index < -0.39 is 0 Å². The normalized spacial score (nSPS) is 16.4. The van der Waals surface area contributed by atoms with Crippen molar-refractivity contribution in [3.63, 3.8) is 0 Å². The number of carbonyl (C=O) groups excluding carboxylic acids is 1. The van der Waals surface area contributed by atoms with E-state index in [4.69, 9.17) is 4.98 Å². The Balaban J connectivity index is 1.53. The van der Waals surface area contributed by atoms with Crippen molar-refractivity contribution in [2.45, 2.75) is 59.0 Å². The third kappa shape index (κ3) is 4.60. The monoisotopic (exact) mass is 418 g/mol. The Morgan fingerprint density at radius 1 is 1.16 bits per heavy atom. The van der Waals surface area contributed by atoms with Crippen LogP contribution < -0.4 is 5.32 Å². The molecule has 3 aromatic rings. The van der Waals surface area contributed by atoms with Crippen LogP contribution in [0.4, 0.5) is 11.6 Å². The van der Waals surface area contributed by atoms with Gasteiger partial charge in [0.15, 0.2) is 0 Å². The number of benzene rings is 1. The number of hydrogen-bond acceptors (Lipinski definition) is 5. The molecule has 7 nitrogen and oxygen atoms in total. The average molecular weight is 419 g/mol. The number of aromatic nitrogens is 4. The summed E-state index contributed by atoms with van der Waals surface area (Å²) in [6.45, 7) is 6.87. The third-order valence-electron chi connectivity index (χ3n) is 5.86. The van der Waals surface area contributed by atoms with E-state index in [-0.39, 0.29) is 12.1 Å². The minimum absolute atomic E-state index is 0.0247. The summed E-state index contributed by atoms with van der Waals surface area (Å²) in [4.78, 5) is 23.5. The van der Waals surface area contributed by atoms with Gasteiger partial charge in [0.1, 0.15) is 6.17 Å². The van der Waals surface area contributed by atoms with Gasteiger partial charge < -0.3 is 10.2 Å². The number of hydrogen-bond donors (Lipinski definition) is 1. The SMILES string of the molecule is CCC(=O)N1CCCCC1n1cc(Nc2ncc(C)c(-c3ccc(CC)cc3)n2)cn1. The highest BCUT2D eigenvalue weighted by molar-refractivity contribution is 5.76. The van der Waals surface area contributed by atoms with E-state index in [1.165, 1.54) is 5.56 Å². The van der Waals surface area contributed by atoms with Crippen molar-refractivity contribution < 1.29 is 4.79 Å². The molecule has 1 fully saturated rings. The molecule has 31 heavy (non-hydrogen) atoms. The quantitative estimate of drug-likeness (QED) is 0.618. The lowest BCUT2D eigenvalue weighted by Crippen LogP contribution is -2.41. The van der Waals surface area contributed by atoms with Crippen molar-refractivity contribution in [1.29, 1.82) is 0 Å². The zero-order chi connectivity index (χ0) is 21.8. The Morgan fingerprint density at radius 3 is 2.71 bits per heavy atom. The van der Waals surface area contributed by atoms with Crippen LogP contribution in [0, 0.1) is 6.92 Å². The Bertz CT molecular complexity index is 1040. The predicted octanol–water partition coefficient (Wildman–Crippen LogP) is 4.88. The summed E-state index contributed by atoms with van der Waals surface area (Å²) in [6, 6.07) is 8.50. The summed E-state index contributed by atoms with van der Waals surface area (Å²) in [5, 5.41) is 7.80. The lowest BCUT2D eigenvalue weighted by atomic mass is 10.1. The highest BCUT2D eigenvalue weighted by Crippen LogP contribution is 2.28. The molecule has 1 atom stereocenters. The first-order valence-electron chi connectivity index (χ1n) is 11.1. The fraction of sp³-hybridized carbons (Fsp3) is 0.417. The van der Waals surface area contributed by atoms with E-state index in [2.05, 4.69) is 46.6 Å². The average Bonchev–Trinajstić information content (AvgIpc) is 3.28. The highest BCUT2D eigenvalue weighted by Gasteiger charge is 2.27.